The van der Waals surface area contributed by atoms with E-state index in [0.29, 0.717) is 11.4 Å². The Bertz CT molecular complexity index is 924. The molecule has 0 saturated carbocycles. The Balaban J connectivity index is 1.54. The van der Waals surface area contributed by atoms with Crippen LogP contribution < -0.4 is 15.5 Å². The maximum absolute atomic E-state index is 12.8. The summed E-state index contributed by atoms with van der Waals surface area (Å²) in [6.07, 6.45) is 4.15. The Hall–Kier alpha value is -2.17. The highest BCUT2D eigenvalue weighted by molar-refractivity contribution is 7.13. The van der Waals surface area contributed by atoms with Crippen molar-refractivity contribution in [2.45, 2.75) is 32.1 Å². The van der Waals surface area contributed by atoms with Crippen LogP contribution in [-0.4, -0.2) is 48.8 Å². The van der Waals surface area contributed by atoms with Crippen LogP contribution in [0.4, 0.5) is 17.2 Å². The molecule has 3 heterocycles. The standard InChI is InChI=1S/C23H32N5OP/c1-23(2)15-27(14-16-8-11-28(30)12-9-16)20-13-17(6-7-19(20)23)26-22(29)18-5-4-10-25-21(18)24-3/h4-7,10,13,16H,8-9,11-12,14-15,30H2,1-3H3,(H,24,25)(H,26,29). The molecule has 2 N–H and O–H groups in total. The molecule has 1 fully saturated rings. The molecule has 30 heavy (non-hydrogen) atoms. The van der Waals surface area contributed by atoms with Crippen LogP contribution in [0.3, 0.4) is 0 Å². The quantitative estimate of drug-likeness (QED) is 0.710. The molecular formula is C23H32N5OP. The number of hydrogen-bond acceptors (Lipinski definition) is 5. The van der Waals surface area contributed by atoms with Gasteiger partial charge in [-0.25, -0.2) is 4.98 Å². The van der Waals surface area contributed by atoms with Gasteiger partial charge in [0.15, 0.2) is 0 Å². The number of piperidine rings is 1. The molecule has 1 saturated heterocycles. The van der Waals surface area contributed by atoms with Crippen molar-refractivity contribution in [3.8, 4) is 0 Å². The van der Waals surface area contributed by atoms with Crippen LogP contribution in [0, 0.1) is 5.92 Å². The van der Waals surface area contributed by atoms with Gasteiger partial charge in [-0.1, -0.05) is 29.3 Å². The molecule has 2 aromatic rings. The average molecular weight is 426 g/mol. The molecule has 0 bridgehead atoms. The summed E-state index contributed by atoms with van der Waals surface area (Å²) >= 11 is 0. The van der Waals surface area contributed by atoms with Gasteiger partial charge in [-0.15, -0.1) is 0 Å². The Morgan fingerprint density at radius 1 is 1.27 bits per heavy atom. The number of carbonyl (C=O) groups is 1. The second-order valence-electron chi connectivity index (χ2n) is 9.08. The predicted octanol–water partition coefficient (Wildman–Crippen LogP) is 3.98. The van der Waals surface area contributed by atoms with Gasteiger partial charge >= 0.3 is 0 Å². The lowest BCUT2D eigenvalue weighted by Gasteiger charge is -2.33. The van der Waals surface area contributed by atoms with Crippen LogP contribution in [0.25, 0.3) is 0 Å². The third-order valence-electron chi connectivity index (χ3n) is 6.33. The number of amides is 1. The molecule has 1 amide bonds. The summed E-state index contributed by atoms with van der Waals surface area (Å²) in [7, 11) is 4.60. The number of pyridine rings is 1. The molecule has 1 aromatic carbocycles. The fourth-order valence-corrected chi connectivity index (χ4v) is 4.99. The number of aromatic nitrogens is 1. The Morgan fingerprint density at radius 3 is 2.77 bits per heavy atom. The zero-order chi connectivity index (χ0) is 21.3. The smallest absolute Gasteiger partial charge is 0.259 e. The summed E-state index contributed by atoms with van der Waals surface area (Å²) in [5, 5.41) is 6.05. The minimum Gasteiger partial charge on any atom is -0.372 e. The molecule has 4 rings (SSSR count). The number of nitrogens with one attached hydrogen (secondary N) is 2. The number of anilines is 3. The Labute approximate surface area is 181 Å². The average Bonchev–Trinajstić information content (AvgIpc) is 2.99. The maximum Gasteiger partial charge on any atom is 0.259 e. The molecule has 1 aromatic heterocycles. The van der Waals surface area contributed by atoms with E-state index in [1.807, 2.05) is 6.07 Å². The predicted molar refractivity (Wildman–Crippen MR) is 127 cm³/mol. The SMILES string of the molecule is CNc1ncccc1C(=O)Nc1ccc2c(c1)N(CC1CCN(P)CC1)CC2(C)C. The third kappa shape index (κ3) is 4.30. The molecule has 1 unspecified atom stereocenters. The first-order chi connectivity index (χ1) is 14.4. The van der Waals surface area contributed by atoms with Crippen molar-refractivity contribution in [1.82, 2.24) is 9.65 Å². The monoisotopic (exact) mass is 425 g/mol. The van der Waals surface area contributed by atoms with Crippen molar-refractivity contribution in [1.29, 1.82) is 0 Å². The summed E-state index contributed by atoms with van der Waals surface area (Å²) in [5.41, 5.74) is 4.10. The number of rotatable bonds is 5. The van der Waals surface area contributed by atoms with E-state index in [-0.39, 0.29) is 11.3 Å². The van der Waals surface area contributed by atoms with Crippen molar-refractivity contribution in [3.63, 3.8) is 0 Å². The normalized spacial score (nSPS) is 18.9. The lowest BCUT2D eigenvalue weighted by atomic mass is 9.87. The number of fused-ring (bicyclic) bond motifs is 1. The zero-order valence-electron chi connectivity index (χ0n) is 18.1. The van der Waals surface area contributed by atoms with Gasteiger partial charge in [0.1, 0.15) is 5.82 Å². The molecule has 1 atom stereocenters. The van der Waals surface area contributed by atoms with E-state index >= 15 is 0 Å². The summed E-state index contributed by atoms with van der Waals surface area (Å²) < 4.78 is 2.34. The highest BCUT2D eigenvalue weighted by Gasteiger charge is 2.36. The Kier molecular flexibility index (Phi) is 5.99. The molecule has 2 aliphatic heterocycles. The topological polar surface area (TPSA) is 60.5 Å². The number of hydrogen-bond donors (Lipinski definition) is 2. The maximum atomic E-state index is 12.8. The van der Waals surface area contributed by atoms with E-state index in [2.05, 4.69) is 60.6 Å². The molecule has 7 heteroatoms. The first-order valence-electron chi connectivity index (χ1n) is 10.7. The van der Waals surface area contributed by atoms with Crippen LogP contribution in [0.5, 0.6) is 0 Å². The van der Waals surface area contributed by atoms with Gasteiger partial charge in [-0.05, 0) is 48.6 Å². The van der Waals surface area contributed by atoms with Gasteiger partial charge in [0, 0.05) is 56.2 Å². The van der Waals surface area contributed by atoms with Gasteiger partial charge in [0.25, 0.3) is 5.91 Å². The highest BCUT2D eigenvalue weighted by Crippen LogP contribution is 2.42. The van der Waals surface area contributed by atoms with E-state index in [4.69, 9.17) is 0 Å². The van der Waals surface area contributed by atoms with Crippen LogP contribution in [0.15, 0.2) is 36.5 Å². The van der Waals surface area contributed by atoms with Crippen LogP contribution in [0.1, 0.15) is 42.6 Å². The van der Waals surface area contributed by atoms with Crippen LogP contribution in [0.2, 0.25) is 0 Å². The summed E-state index contributed by atoms with van der Waals surface area (Å²) in [6, 6.07) is 9.91. The minimum atomic E-state index is -0.149. The number of nitrogens with zero attached hydrogens (tertiary/aromatic N) is 3. The lowest BCUT2D eigenvalue weighted by Crippen LogP contribution is -2.36. The van der Waals surface area contributed by atoms with Crippen molar-refractivity contribution < 1.29 is 4.79 Å². The van der Waals surface area contributed by atoms with Crippen LogP contribution in [-0.2, 0) is 5.41 Å². The molecule has 160 valence electrons. The zero-order valence-corrected chi connectivity index (χ0v) is 19.3. The second-order valence-corrected chi connectivity index (χ2v) is 9.81. The minimum absolute atomic E-state index is 0.113. The molecular weight excluding hydrogens is 393 g/mol. The van der Waals surface area contributed by atoms with Gasteiger partial charge in [0.05, 0.1) is 5.56 Å². The van der Waals surface area contributed by atoms with E-state index in [0.717, 1.165) is 37.8 Å². The fourth-order valence-electron chi connectivity index (χ4n) is 4.69. The van der Waals surface area contributed by atoms with Gasteiger partial charge in [-0.3, -0.25) is 9.46 Å². The molecule has 0 radical (unpaired) electrons. The largest absolute Gasteiger partial charge is 0.372 e. The fraction of sp³-hybridized carbons (Fsp3) is 0.478. The first-order valence-corrected chi connectivity index (χ1v) is 11.2. The van der Waals surface area contributed by atoms with Crippen LogP contribution >= 0.6 is 9.39 Å². The van der Waals surface area contributed by atoms with Crippen molar-refractivity contribution in [2.75, 3.05) is 48.8 Å². The lowest BCUT2D eigenvalue weighted by molar-refractivity contribution is 0.102. The van der Waals surface area contributed by atoms with E-state index < -0.39 is 0 Å². The Morgan fingerprint density at radius 2 is 2.03 bits per heavy atom. The summed E-state index contributed by atoms with van der Waals surface area (Å²) in [4.78, 5) is 19.6. The highest BCUT2D eigenvalue weighted by atomic mass is 31.0. The van der Waals surface area contributed by atoms with E-state index in [1.54, 1.807) is 25.4 Å². The number of carbonyl (C=O) groups excluding carboxylic acids is 1. The number of benzene rings is 1. The van der Waals surface area contributed by atoms with Gasteiger partial charge < -0.3 is 15.5 Å². The van der Waals surface area contributed by atoms with Gasteiger partial charge in [0.2, 0.25) is 0 Å². The summed E-state index contributed by atoms with van der Waals surface area (Å²) in [6.45, 7) is 9.02. The van der Waals surface area contributed by atoms with E-state index in [9.17, 15) is 4.79 Å². The first kappa shape index (κ1) is 21.1. The van der Waals surface area contributed by atoms with Crippen molar-refractivity contribution >= 4 is 32.5 Å². The van der Waals surface area contributed by atoms with E-state index in [1.165, 1.54) is 24.1 Å². The van der Waals surface area contributed by atoms with Gasteiger partial charge in [-0.2, -0.15) is 0 Å². The molecule has 0 aliphatic carbocycles. The van der Waals surface area contributed by atoms with Crippen molar-refractivity contribution in [3.05, 3.63) is 47.7 Å². The molecule has 0 spiro atoms. The van der Waals surface area contributed by atoms with Crippen molar-refractivity contribution in [2.24, 2.45) is 5.92 Å². The summed E-state index contributed by atoms with van der Waals surface area (Å²) in [5.74, 6) is 1.15. The second kappa shape index (κ2) is 8.52. The molecule has 6 nitrogen and oxygen atoms in total. The molecule has 2 aliphatic rings. The third-order valence-corrected chi connectivity index (χ3v) is 6.84.